The van der Waals surface area contributed by atoms with E-state index in [9.17, 15) is 14.4 Å². The number of amides is 2. The predicted molar refractivity (Wildman–Crippen MR) is 103 cm³/mol. The minimum absolute atomic E-state index is 0.101. The second kappa shape index (κ2) is 8.56. The third kappa shape index (κ3) is 4.14. The maximum atomic E-state index is 12.5. The summed E-state index contributed by atoms with van der Waals surface area (Å²) in [5.74, 6) is -0.633. The molecule has 2 amide bonds. The zero-order valence-electron chi connectivity index (χ0n) is 15.8. The van der Waals surface area contributed by atoms with Crippen LogP contribution in [0.15, 0.2) is 48.5 Å². The Labute approximate surface area is 163 Å². The van der Waals surface area contributed by atoms with Crippen LogP contribution in [0.1, 0.15) is 22.3 Å². The second-order valence-corrected chi connectivity index (χ2v) is 6.48. The number of hydrogen-bond donors (Lipinski definition) is 1. The summed E-state index contributed by atoms with van der Waals surface area (Å²) in [5, 5.41) is 2.87. The van der Waals surface area contributed by atoms with E-state index >= 15 is 0 Å². The average Bonchev–Trinajstić information content (AvgIpc) is 3.13. The molecule has 1 saturated heterocycles. The summed E-state index contributed by atoms with van der Waals surface area (Å²) < 4.78 is 9.90. The lowest BCUT2D eigenvalue weighted by Gasteiger charge is -2.19. The van der Waals surface area contributed by atoms with Gasteiger partial charge in [-0.15, -0.1) is 0 Å². The number of esters is 1. The molecule has 0 bridgehead atoms. The van der Waals surface area contributed by atoms with Crippen LogP contribution in [0.3, 0.4) is 0 Å². The van der Waals surface area contributed by atoms with E-state index in [-0.39, 0.29) is 24.8 Å². The number of carbonyl (C=O) groups excluding carboxylic acids is 3. The lowest BCUT2D eigenvalue weighted by molar-refractivity contribution is -0.126. The highest BCUT2D eigenvalue weighted by Crippen LogP contribution is 2.28. The Hall–Kier alpha value is -3.35. The van der Waals surface area contributed by atoms with E-state index < -0.39 is 11.9 Å². The van der Waals surface area contributed by atoms with Crippen molar-refractivity contribution in [2.24, 2.45) is 5.92 Å². The first-order valence-corrected chi connectivity index (χ1v) is 8.92. The molecule has 28 heavy (non-hydrogen) atoms. The molecular formula is C21H22N2O5. The number of para-hydroxylation sites is 1. The molecule has 1 fully saturated rings. The molecule has 1 heterocycles. The van der Waals surface area contributed by atoms with Gasteiger partial charge in [0.15, 0.2) is 0 Å². The number of benzene rings is 2. The smallest absolute Gasteiger partial charge is 0.339 e. The molecule has 1 aliphatic heterocycles. The summed E-state index contributed by atoms with van der Waals surface area (Å²) in [7, 11) is 2.89. The number of nitrogens with zero attached hydrogens (tertiary/aromatic N) is 1. The van der Waals surface area contributed by atoms with Crippen LogP contribution >= 0.6 is 0 Å². The van der Waals surface area contributed by atoms with Gasteiger partial charge in [0.1, 0.15) is 5.75 Å². The summed E-state index contributed by atoms with van der Waals surface area (Å²) in [6.07, 6.45) is 0.101. The van der Waals surface area contributed by atoms with E-state index in [1.54, 1.807) is 31.4 Å². The highest BCUT2D eigenvalue weighted by molar-refractivity contribution is 6.05. The van der Waals surface area contributed by atoms with Crippen molar-refractivity contribution in [3.05, 3.63) is 59.7 Å². The zero-order chi connectivity index (χ0) is 20.1. The molecule has 0 radical (unpaired) electrons. The van der Waals surface area contributed by atoms with Crippen molar-refractivity contribution in [2.75, 3.05) is 25.7 Å². The Morgan fingerprint density at radius 1 is 1.11 bits per heavy atom. The summed E-state index contributed by atoms with van der Waals surface area (Å²) >= 11 is 0. The molecule has 7 nitrogen and oxygen atoms in total. The molecule has 1 atom stereocenters. The van der Waals surface area contributed by atoms with E-state index in [1.165, 1.54) is 12.0 Å². The molecule has 0 saturated carbocycles. The van der Waals surface area contributed by atoms with Gasteiger partial charge in [0.2, 0.25) is 11.8 Å². The number of nitrogens with one attached hydrogen (secondary N) is 1. The van der Waals surface area contributed by atoms with Crippen LogP contribution in [0, 0.1) is 5.92 Å². The first-order valence-electron chi connectivity index (χ1n) is 8.92. The fourth-order valence-corrected chi connectivity index (χ4v) is 3.18. The van der Waals surface area contributed by atoms with Gasteiger partial charge in [-0.2, -0.15) is 0 Å². The normalized spacial score (nSPS) is 16.0. The summed E-state index contributed by atoms with van der Waals surface area (Å²) in [4.78, 5) is 38.5. The fourth-order valence-electron chi connectivity index (χ4n) is 3.18. The van der Waals surface area contributed by atoms with Crippen LogP contribution < -0.4 is 15.0 Å². The molecule has 0 spiro atoms. The second-order valence-electron chi connectivity index (χ2n) is 6.48. The molecule has 3 rings (SSSR count). The number of anilines is 1. The maximum Gasteiger partial charge on any atom is 0.339 e. The third-order valence-corrected chi connectivity index (χ3v) is 4.72. The van der Waals surface area contributed by atoms with Crippen LogP contribution in [-0.4, -0.2) is 38.5 Å². The molecule has 2 aromatic rings. The van der Waals surface area contributed by atoms with E-state index in [1.807, 2.05) is 24.3 Å². The van der Waals surface area contributed by atoms with Gasteiger partial charge in [-0.25, -0.2) is 4.79 Å². The van der Waals surface area contributed by atoms with Gasteiger partial charge in [-0.1, -0.05) is 24.3 Å². The predicted octanol–water partition coefficient (Wildman–Crippen LogP) is 2.15. The van der Waals surface area contributed by atoms with E-state index in [0.29, 0.717) is 17.8 Å². The van der Waals surface area contributed by atoms with Gasteiger partial charge in [0.05, 0.1) is 31.4 Å². The van der Waals surface area contributed by atoms with Crippen molar-refractivity contribution >= 4 is 23.5 Å². The van der Waals surface area contributed by atoms with Crippen LogP contribution in [0.5, 0.6) is 5.75 Å². The molecule has 146 valence electrons. The van der Waals surface area contributed by atoms with Gasteiger partial charge >= 0.3 is 5.97 Å². The van der Waals surface area contributed by atoms with E-state index in [2.05, 4.69) is 5.32 Å². The lowest BCUT2D eigenvalue weighted by Crippen LogP contribution is -2.33. The summed E-state index contributed by atoms with van der Waals surface area (Å²) in [6.45, 7) is 0.591. The molecule has 0 aliphatic carbocycles. The van der Waals surface area contributed by atoms with Gasteiger partial charge in [0, 0.05) is 19.5 Å². The van der Waals surface area contributed by atoms with Crippen LogP contribution in [0.2, 0.25) is 0 Å². The Kier molecular flexibility index (Phi) is 5.93. The molecule has 7 heteroatoms. The molecule has 1 aliphatic rings. The zero-order valence-corrected chi connectivity index (χ0v) is 15.8. The molecule has 2 aromatic carbocycles. The Balaban J connectivity index is 1.65. The van der Waals surface area contributed by atoms with Crippen molar-refractivity contribution in [2.45, 2.75) is 13.0 Å². The van der Waals surface area contributed by atoms with Crippen molar-refractivity contribution in [3.63, 3.8) is 0 Å². The van der Waals surface area contributed by atoms with Gasteiger partial charge < -0.3 is 19.7 Å². The molecule has 1 unspecified atom stereocenters. The van der Waals surface area contributed by atoms with Crippen molar-refractivity contribution in [1.29, 1.82) is 0 Å². The first-order chi connectivity index (χ1) is 13.5. The lowest BCUT2D eigenvalue weighted by atomic mass is 10.1. The van der Waals surface area contributed by atoms with Crippen LogP contribution in [0.4, 0.5) is 5.69 Å². The number of hydrogen-bond acceptors (Lipinski definition) is 5. The Morgan fingerprint density at radius 2 is 1.82 bits per heavy atom. The highest BCUT2D eigenvalue weighted by atomic mass is 16.5. The summed E-state index contributed by atoms with van der Waals surface area (Å²) in [5.41, 5.74) is 1.70. The standard InChI is InChI=1S/C21H22N2O5/c1-27-16-9-7-14(8-10-16)12-22-20(25)15-11-19(24)23(13-15)18-6-4-3-5-17(18)21(26)28-2/h3-10,15H,11-13H2,1-2H3,(H,22,25). The number of methoxy groups -OCH3 is 2. The van der Waals surface area contributed by atoms with Crippen LogP contribution in [-0.2, 0) is 20.9 Å². The maximum absolute atomic E-state index is 12.5. The summed E-state index contributed by atoms with van der Waals surface area (Å²) in [6, 6.07) is 14.1. The Morgan fingerprint density at radius 3 is 2.50 bits per heavy atom. The SMILES string of the molecule is COC(=O)c1ccccc1N1CC(C(=O)NCc2ccc(OC)cc2)CC1=O. The topological polar surface area (TPSA) is 84.9 Å². The largest absolute Gasteiger partial charge is 0.497 e. The van der Waals surface area contributed by atoms with Crippen molar-refractivity contribution in [1.82, 2.24) is 5.32 Å². The fraction of sp³-hybridized carbons (Fsp3) is 0.286. The quantitative estimate of drug-likeness (QED) is 0.774. The number of carbonyl (C=O) groups is 3. The van der Waals surface area contributed by atoms with E-state index in [4.69, 9.17) is 9.47 Å². The van der Waals surface area contributed by atoms with Gasteiger partial charge in [0.25, 0.3) is 0 Å². The molecular weight excluding hydrogens is 360 g/mol. The Bertz CT molecular complexity index is 879. The van der Waals surface area contributed by atoms with Crippen molar-refractivity contribution in [3.8, 4) is 5.75 Å². The van der Waals surface area contributed by atoms with E-state index in [0.717, 1.165) is 11.3 Å². The van der Waals surface area contributed by atoms with Crippen LogP contribution in [0.25, 0.3) is 0 Å². The third-order valence-electron chi connectivity index (χ3n) is 4.72. The minimum Gasteiger partial charge on any atom is -0.497 e. The number of ether oxygens (including phenoxy) is 2. The van der Waals surface area contributed by atoms with Gasteiger partial charge in [-0.05, 0) is 29.8 Å². The monoisotopic (exact) mass is 382 g/mol. The minimum atomic E-state index is -0.518. The number of rotatable bonds is 6. The van der Waals surface area contributed by atoms with Crippen molar-refractivity contribution < 1.29 is 23.9 Å². The first kappa shape index (κ1) is 19.4. The highest BCUT2D eigenvalue weighted by Gasteiger charge is 2.36. The molecule has 0 aromatic heterocycles. The average molecular weight is 382 g/mol. The molecule has 1 N–H and O–H groups in total. The van der Waals surface area contributed by atoms with Gasteiger partial charge in [-0.3, -0.25) is 9.59 Å².